The highest BCUT2D eigenvalue weighted by atomic mass is 35.5. The second-order valence-electron chi connectivity index (χ2n) is 6.64. The normalized spacial score (nSPS) is 14.7. The van der Waals surface area contributed by atoms with Crippen LogP contribution >= 0.6 is 22.9 Å². The average molecular weight is 435 g/mol. The number of rotatable bonds is 4. The van der Waals surface area contributed by atoms with E-state index in [1.807, 2.05) is 19.1 Å². The van der Waals surface area contributed by atoms with Gasteiger partial charge in [-0.2, -0.15) is 4.31 Å². The molecule has 0 aliphatic carbocycles. The van der Waals surface area contributed by atoms with E-state index in [0.717, 1.165) is 21.1 Å². The highest BCUT2D eigenvalue weighted by Gasteiger charge is 2.32. The maximum atomic E-state index is 13.2. The molecule has 0 unspecified atom stereocenters. The standard InChI is InChI=1S/C20H19ClN2O3S2/c1-13-3-5-14(6-4-13)20-22-16-9-10-23(12-18(16)27-20)28(24,25)19-11-15(21)7-8-17(19)26-2/h3-8,11H,9-10,12H2,1-2H3. The number of sulfonamides is 1. The van der Waals surface area contributed by atoms with Gasteiger partial charge in [-0.15, -0.1) is 11.3 Å². The first kappa shape index (κ1) is 19.4. The van der Waals surface area contributed by atoms with E-state index < -0.39 is 10.0 Å². The van der Waals surface area contributed by atoms with Gasteiger partial charge in [-0.25, -0.2) is 13.4 Å². The lowest BCUT2D eigenvalue weighted by molar-refractivity contribution is 0.379. The fourth-order valence-corrected chi connectivity index (χ4v) is 6.23. The number of fused-ring (bicyclic) bond motifs is 1. The molecule has 5 nitrogen and oxygen atoms in total. The average Bonchev–Trinajstić information content (AvgIpc) is 3.11. The number of hydrogen-bond acceptors (Lipinski definition) is 5. The molecule has 4 rings (SSSR count). The van der Waals surface area contributed by atoms with E-state index in [9.17, 15) is 8.42 Å². The zero-order valence-corrected chi connectivity index (χ0v) is 17.9. The van der Waals surface area contributed by atoms with Crippen LogP contribution in [0.1, 0.15) is 16.1 Å². The van der Waals surface area contributed by atoms with Crippen LogP contribution in [0.5, 0.6) is 5.75 Å². The molecule has 3 aromatic rings. The number of methoxy groups -OCH3 is 1. The Balaban J connectivity index is 1.65. The van der Waals surface area contributed by atoms with E-state index in [0.29, 0.717) is 30.3 Å². The van der Waals surface area contributed by atoms with Crippen molar-refractivity contribution in [2.24, 2.45) is 0 Å². The summed E-state index contributed by atoms with van der Waals surface area (Å²) in [7, 11) is -2.28. The fraction of sp³-hybridized carbons (Fsp3) is 0.250. The van der Waals surface area contributed by atoms with Crippen LogP contribution in [0.4, 0.5) is 0 Å². The monoisotopic (exact) mass is 434 g/mol. The molecule has 0 saturated heterocycles. The molecule has 0 atom stereocenters. The Morgan fingerprint density at radius 2 is 1.93 bits per heavy atom. The predicted octanol–water partition coefficient (Wildman–Crippen LogP) is 4.53. The second kappa shape index (κ2) is 7.48. The number of ether oxygens (including phenoxy) is 1. The molecule has 2 aromatic carbocycles. The van der Waals surface area contributed by atoms with Gasteiger partial charge in [0.05, 0.1) is 19.3 Å². The maximum Gasteiger partial charge on any atom is 0.247 e. The Morgan fingerprint density at radius 3 is 2.64 bits per heavy atom. The van der Waals surface area contributed by atoms with Crippen LogP contribution in [0.25, 0.3) is 10.6 Å². The van der Waals surface area contributed by atoms with Crippen LogP contribution < -0.4 is 4.74 Å². The largest absolute Gasteiger partial charge is 0.495 e. The van der Waals surface area contributed by atoms with Crippen LogP contribution in [0.2, 0.25) is 5.02 Å². The molecule has 0 spiro atoms. The molecule has 0 radical (unpaired) electrons. The summed E-state index contributed by atoms with van der Waals surface area (Å²) in [4.78, 5) is 5.81. The van der Waals surface area contributed by atoms with Crippen molar-refractivity contribution in [1.82, 2.24) is 9.29 Å². The Kier molecular flexibility index (Phi) is 5.18. The number of nitrogens with zero attached hydrogens (tertiary/aromatic N) is 2. The van der Waals surface area contributed by atoms with Crippen LogP contribution in [0, 0.1) is 6.92 Å². The van der Waals surface area contributed by atoms with Gasteiger partial charge >= 0.3 is 0 Å². The van der Waals surface area contributed by atoms with Gasteiger partial charge < -0.3 is 4.74 Å². The smallest absolute Gasteiger partial charge is 0.247 e. The first-order valence-corrected chi connectivity index (χ1v) is 11.4. The highest BCUT2D eigenvalue weighted by Crippen LogP contribution is 2.36. The first-order chi connectivity index (χ1) is 13.4. The number of hydrogen-bond donors (Lipinski definition) is 0. The SMILES string of the molecule is COc1ccc(Cl)cc1S(=O)(=O)N1CCc2nc(-c3ccc(C)cc3)sc2C1. The van der Waals surface area contributed by atoms with Gasteiger partial charge in [0.2, 0.25) is 10.0 Å². The highest BCUT2D eigenvalue weighted by molar-refractivity contribution is 7.89. The van der Waals surface area contributed by atoms with Gasteiger partial charge in [0, 0.05) is 28.4 Å². The molecule has 0 fully saturated rings. The van der Waals surface area contributed by atoms with Crippen molar-refractivity contribution in [3.8, 4) is 16.3 Å². The zero-order valence-electron chi connectivity index (χ0n) is 15.5. The van der Waals surface area contributed by atoms with E-state index in [4.69, 9.17) is 21.3 Å². The van der Waals surface area contributed by atoms with Gasteiger partial charge in [-0.05, 0) is 25.1 Å². The topological polar surface area (TPSA) is 59.5 Å². The molecule has 0 bridgehead atoms. The van der Waals surface area contributed by atoms with Crippen molar-refractivity contribution in [1.29, 1.82) is 0 Å². The third-order valence-corrected chi connectivity index (χ3v) is 7.97. The lowest BCUT2D eigenvalue weighted by Gasteiger charge is -2.26. The number of halogens is 1. The number of aryl methyl sites for hydroxylation is 1. The van der Waals surface area contributed by atoms with Crippen molar-refractivity contribution in [3.63, 3.8) is 0 Å². The molecule has 2 heterocycles. The molecular formula is C20H19ClN2O3S2. The van der Waals surface area contributed by atoms with Crippen LogP contribution in [0.3, 0.4) is 0 Å². The summed E-state index contributed by atoms with van der Waals surface area (Å²) < 4.78 is 33.1. The minimum atomic E-state index is -3.73. The summed E-state index contributed by atoms with van der Waals surface area (Å²) in [6.45, 7) is 2.72. The predicted molar refractivity (Wildman–Crippen MR) is 112 cm³/mol. The molecule has 0 saturated carbocycles. The van der Waals surface area contributed by atoms with Crippen molar-refractivity contribution in [3.05, 3.63) is 63.6 Å². The lowest BCUT2D eigenvalue weighted by Crippen LogP contribution is -2.35. The van der Waals surface area contributed by atoms with E-state index in [1.165, 1.54) is 23.0 Å². The summed E-state index contributed by atoms with van der Waals surface area (Å²) >= 11 is 7.58. The van der Waals surface area contributed by atoms with E-state index in [-0.39, 0.29) is 4.90 Å². The third kappa shape index (κ3) is 3.55. The van der Waals surface area contributed by atoms with Gasteiger partial charge in [-0.3, -0.25) is 0 Å². The molecule has 1 aliphatic heterocycles. The molecule has 28 heavy (non-hydrogen) atoms. The van der Waals surface area contributed by atoms with Crippen molar-refractivity contribution < 1.29 is 13.2 Å². The minimum absolute atomic E-state index is 0.0919. The molecule has 8 heteroatoms. The Hall–Kier alpha value is -1.93. The molecule has 146 valence electrons. The van der Waals surface area contributed by atoms with E-state index >= 15 is 0 Å². The number of benzene rings is 2. The summed E-state index contributed by atoms with van der Waals surface area (Å²) in [6.07, 6.45) is 0.583. The van der Waals surface area contributed by atoms with Crippen LogP contribution in [0.15, 0.2) is 47.4 Å². The first-order valence-electron chi connectivity index (χ1n) is 8.78. The third-order valence-electron chi connectivity index (χ3n) is 4.74. The molecule has 1 aliphatic rings. The van der Waals surface area contributed by atoms with Crippen molar-refractivity contribution in [2.75, 3.05) is 13.7 Å². The van der Waals surface area contributed by atoms with Gasteiger partial charge in [-0.1, -0.05) is 41.4 Å². The van der Waals surface area contributed by atoms with Crippen LogP contribution in [-0.2, 0) is 23.0 Å². The molecular weight excluding hydrogens is 416 g/mol. The zero-order chi connectivity index (χ0) is 19.9. The van der Waals surface area contributed by atoms with E-state index in [1.54, 1.807) is 23.5 Å². The number of thiazole rings is 1. The van der Waals surface area contributed by atoms with Gasteiger partial charge in [0.1, 0.15) is 15.7 Å². The molecule has 0 amide bonds. The molecule has 1 aromatic heterocycles. The summed E-state index contributed by atoms with van der Waals surface area (Å²) in [5.41, 5.74) is 3.22. The minimum Gasteiger partial charge on any atom is -0.495 e. The second-order valence-corrected chi connectivity index (χ2v) is 10.1. The van der Waals surface area contributed by atoms with Crippen molar-refractivity contribution in [2.45, 2.75) is 24.8 Å². The Labute approximate surface area is 173 Å². The maximum absolute atomic E-state index is 13.2. The Bertz CT molecular complexity index is 1120. The summed E-state index contributed by atoms with van der Waals surface area (Å²) in [5, 5.41) is 1.28. The Morgan fingerprint density at radius 1 is 1.18 bits per heavy atom. The lowest BCUT2D eigenvalue weighted by atomic mass is 10.1. The van der Waals surface area contributed by atoms with Crippen LogP contribution in [-0.4, -0.2) is 31.4 Å². The summed E-state index contributed by atoms with van der Waals surface area (Å²) in [6, 6.07) is 12.8. The fourth-order valence-electron chi connectivity index (χ4n) is 3.19. The number of aromatic nitrogens is 1. The van der Waals surface area contributed by atoms with Crippen molar-refractivity contribution >= 4 is 33.0 Å². The van der Waals surface area contributed by atoms with E-state index in [2.05, 4.69) is 12.1 Å². The quantitative estimate of drug-likeness (QED) is 0.605. The van der Waals surface area contributed by atoms with Gasteiger partial charge in [0.15, 0.2) is 0 Å². The molecule has 0 N–H and O–H groups in total. The summed E-state index contributed by atoms with van der Waals surface area (Å²) in [5.74, 6) is 0.292. The van der Waals surface area contributed by atoms with Gasteiger partial charge in [0.25, 0.3) is 0 Å².